The number of hydrogen-bond acceptors (Lipinski definition) is 3. The number of benzene rings is 1. The number of nitrogens with zero attached hydrogens (tertiary/aromatic N) is 1. The number of halogens is 1. The van der Waals surface area contributed by atoms with Crippen molar-refractivity contribution < 1.29 is 4.74 Å². The van der Waals surface area contributed by atoms with Crippen LogP contribution in [-0.4, -0.2) is 36.7 Å². The third-order valence-corrected chi connectivity index (χ3v) is 5.00. The molecule has 0 aromatic heterocycles. The zero-order chi connectivity index (χ0) is 16.3. The van der Waals surface area contributed by atoms with Crippen molar-refractivity contribution in [2.24, 2.45) is 4.99 Å². The fourth-order valence-corrected chi connectivity index (χ4v) is 3.65. The molecule has 2 N–H and O–H groups in total. The smallest absolute Gasteiger partial charge is 0.191 e. The van der Waals surface area contributed by atoms with Crippen LogP contribution in [0.2, 0.25) is 0 Å². The number of para-hydroxylation sites is 1. The van der Waals surface area contributed by atoms with Gasteiger partial charge in [-0.05, 0) is 31.6 Å². The Bertz CT molecular complexity index is 519. The van der Waals surface area contributed by atoms with E-state index in [4.69, 9.17) is 9.73 Å². The van der Waals surface area contributed by atoms with E-state index in [1.54, 1.807) is 6.08 Å². The number of aliphatic imine (C=N–C) groups is 1. The van der Waals surface area contributed by atoms with E-state index in [2.05, 4.69) is 42.0 Å². The van der Waals surface area contributed by atoms with Crippen LogP contribution in [0.1, 0.15) is 25.3 Å². The number of hydrogen-bond donors (Lipinski definition) is 2. The normalized spacial score (nSPS) is 17.0. The molecule has 0 saturated carbocycles. The van der Waals surface area contributed by atoms with E-state index >= 15 is 0 Å². The first-order chi connectivity index (χ1) is 11.3. The predicted octanol–water partition coefficient (Wildman–Crippen LogP) is 3.82. The number of nitrogens with one attached hydrogen (secondary N) is 2. The molecule has 2 rings (SSSR count). The maximum Gasteiger partial charge on any atom is 0.191 e. The van der Waals surface area contributed by atoms with Gasteiger partial charge in [0.05, 0.1) is 6.54 Å². The molecule has 6 heteroatoms. The Labute approximate surface area is 166 Å². The monoisotopic (exact) mass is 461 g/mol. The average Bonchev–Trinajstić information content (AvgIpc) is 3.09. The van der Waals surface area contributed by atoms with Gasteiger partial charge in [-0.1, -0.05) is 30.9 Å². The van der Waals surface area contributed by atoms with Gasteiger partial charge in [0.1, 0.15) is 12.4 Å². The second-order valence-electron chi connectivity index (χ2n) is 5.42. The summed E-state index contributed by atoms with van der Waals surface area (Å²) in [6.07, 6.45) is 4.39. The Hall–Kier alpha value is -0.890. The van der Waals surface area contributed by atoms with E-state index in [0.29, 0.717) is 18.4 Å². The molecule has 0 aliphatic carbocycles. The molecule has 1 atom stereocenters. The molecule has 1 unspecified atom stereocenters. The molecular weight excluding hydrogens is 433 g/mol. The lowest BCUT2D eigenvalue weighted by molar-refractivity contribution is 0.359. The highest BCUT2D eigenvalue weighted by Gasteiger charge is 2.15. The molecule has 0 spiro atoms. The summed E-state index contributed by atoms with van der Waals surface area (Å²) in [5.41, 5.74) is 1.08. The molecule has 1 aliphatic rings. The minimum Gasteiger partial charge on any atom is -0.489 e. The maximum absolute atomic E-state index is 5.69. The van der Waals surface area contributed by atoms with E-state index in [-0.39, 0.29) is 24.0 Å². The van der Waals surface area contributed by atoms with Gasteiger partial charge in [-0.25, -0.2) is 4.99 Å². The molecule has 1 fully saturated rings. The van der Waals surface area contributed by atoms with Crippen LogP contribution in [0.15, 0.2) is 41.9 Å². The first-order valence-electron chi connectivity index (χ1n) is 8.29. The summed E-state index contributed by atoms with van der Waals surface area (Å²) >= 11 is 2.05. The predicted molar refractivity (Wildman–Crippen MR) is 116 cm³/mol. The highest BCUT2D eigenvalue weighted by Crippen LogP contribution is 2.25. The van der Waals surface area contributed by atoms with Crippen molar-refractivity contribution in [3.05, 3.63) is 42.5 Å². The van der Waals surface area contributed by atoms with Crippen LogP contribution in [0.25, 0.3) is 0 Å². The second kappa shape index (κ2) is 12.5. The molecule has 1 aromatic carbocycles. The summed E-state index contributed by atoms with van der Waals surface area (Å²) in [6.45, 7) is 8.72. The molecule has 1 aromatic rings. The van der Waals surface area contributed by atoms with Gasteiger partial charge in [0.2, 0.25) is 0 Å². The summed E-state index contributed by atoms with van der Waals surface area (Å²) in [7, 11) is 0. The lowest BCUT2D eigenvalue weighted by atomic mass is 10.2. The Morgan fingerprint density at radius 3 is 2.96 bits per heavy atom. The molecule has 0 bridgehead atoms. The summed E-state index contributed by atoms with van der Waals surface area (Å²) in [6, 6.07) is 8.02. The first kappa shape index (κ1) is 21.2. The Morgan fingerprint density at radius 1 is 1.42 bits per heavy atom. The second-order valence-corrected chi connectivity index (χ2v) is 6.83. The topological polar surface area (TPSA) is 45.6 Å². The van der Waals surface area contributed by atoms with Crippen molar-refractivity contribution >= 4 is 41.7 Å². The van der Waals surface area contributed by atoms with Crippen LogP contribution in [0.5, 0.6) is 5.75 Å². The first-order valence-corrected chi connectivity index (χ1v) is 9.33. The van der Waals surface area contributed by atoms with Gasteiger partial charge in [-0.2, -0.15) is 11.8 Å². The molecule has 0 radical (unpaired) electrons. The van der Waals surface area contributed by atoms with Gasteiger partial charge in [0.15, 0.2) is 5.96 Å². The molecule has 1 saturated heterocycles. The largest absolute Gasteiger partial charge is 0.489 e. The van der Waals surface area contributed by atoms with E-state index in [9.17, 15) is 0 Å². The van der Waals surface area contributed by atoms with Crippen LogP contribution in [0, 0.1) is 0 Å². The van der Waals surface area contributed by atoms with Crippen molar-refractivity contribution in [1.82, 2.24) is 10.6 Å². The van der Waals surface area contributed by atoms with Gasteiger partial charge in [0.25, 0.3) is 0 Å². The third kappa shape index (κ3) is 7.34. The van der Waals surface area contributed by atoms with Crippen molar-refractivity contribution in [1.29, 1.82) is 0 Å². The quantitative estimate of drug-likeness (QED) is 0.268. The van der Waals surface area contributed by atoms with Crippen LogP contribution in [0.3, 0.4) is 0 Å². The van der Waals surface area contributed by atoms with Gasteiger partial charge in [-0.15, -0.1) is 24.0 Å². The van der Waals surface area contributed by atoms with Gasteiger partial charge in [0, 0.05) is 23.9 Å². The molecule has 4 nitrogen and oxygen atoms in total. The van der Waals surface area contributed by atoms with Gasteiger partial charge < -0.3 is 15.4 Å². The number of guanidine groups is 1. The zero-order valence-corrected chi connectivity index (χ0v) is 17.4. The molecule has 0 amide bonds. The summed E-state index contributed by atoms with van der Waals surface area (Å²) < 4.78 is 5.69. The minimum absolute atomic E-state index is 0. The lowest BCUT2D eigenvalue weighted by Crippen LogP contribution is -2.40. The van der Waals surface area contributed by atoms with E-state index in [1.807, 2.05) is 18.2 Å². The SMILES string of the molecule is C=CCOc1ccccc1CN=C(NCC)NCC1CCCS1.I. The van der Waals surface area contributed by atoms with Gasteiger partial charge in [-0.3, -0.25) is 0 Å². The fourth-order valence-electron chi connectivity index (χ4n) is 2.45. The van der Waals surface area contributed by atoms with Crippen molar-refractivity contribution in [3.8, 4) is 5.75 Å². The standard InChI is InChI=1S/C18H27N3OS.HI/c1-3-11-22-17-10-6-5-8-15(17)13-20-18(19-4-2)21-14-16-9-7-12-23-16;/h3,5-6,8,10,16H,1,4,7,9,11-14H2,2H3,(H2,19,20,21);1H. The summed E-state index contributed by atoms with van der Waals surface area (Å²) in [4.78, 5) is 4.69. The molecular formula is C18H28IN3OS. The van der Waals surface area contributed by atoms with Crippen LogP contribution in [-0.2, 0) is 6.54 Å². The lowest BCUT2D eigenvalue weighted by Gasteiger charge is -2.15. The molecule has 1 aliphatic heterocycles. The molecule has 1 heterocycles. The van der Waals surface area contributed by atoms with Crippen LogP contribution < -0.4 is 15.4 Å². The number of rotatable bonds is 8. The maximum atomic E-state index is 5.69. The molecule has 24 heavy (non-hydrogen) atoms. The number of ether oxygens (including phenoxy) is 1. The zero-order valence-electron chi connectivity index (χ0n) is 14.3. The van der Waals surface area contributed by atoms with Crippen molar-refractivity contribution in [3.63, 3.8) is 0 Å². The van der Waals surface area contributed by atoms with Crippen LogP contribution >= 0.6 is 35.7 Å². The fraction of sp³-hybridized carbons (Fsp3) is 0.500. The van der Waals surface area contributed by atoms with E-state index in [0.717, 1.165) is 30.4 Å². The highest BCUT2D eigenvalue weighted by atomic mass is 127. The third-order valence-electron chi connectivity index (χ3n) is 3.60. The van der Waals surface area contributed by atoms with E-state index < -0.39 is 0 Å². The Kier molecular flexibility index (Phi) is 11.0. The minimum atomic E-state index is 0. The highest BCUT2D eigenvalue weighted by molar-refractivity contribution is 14.0. The average molecular weight is 461 g/mol. The van der Waals surface area contributed by atoms with Gasteiger partial charge >= 0.3 is 0 Å². The molecule has 134 valence electrons. The summed E-state index contributed by atoms with van der Waals surface area (Å²) in [5.74, 6) is 3.03. The van der Waals surface area contributed by atoms with Crippen molar-refractivity contribution in [2.45, 2.75) is 31.6 Å². The van der Waals surface area contributed by atoms with Crippen LogP contribution in [0.4, 0.5) is 0 Å². The number of thioether (sulfide) groups is 1. The Morgan fingerprint density at radius 2 is 2.25 bits per heavy atom. The Balaban J connectivity index is 0.00000288. The van der Waals surface area contributed by atoms with Crippen molar-refractivity contribution in [2.75, 3.05) is 25.4 Å². The van der Waals surface area contributed by atoms with E-state index in [1.165, 1.54) is 18.6 Å². The summed E-state index contributed by atoms with van der Waals surface area (Å²) in [5, 5.41) is 7.48.